The van der Waals surface area contributed by atoms with Gasteiger partial charge in [-0.25, -0.2) is 0 Å². The summed E-state index contributed by atoms with van der Waals surface area (Å²) < 4.78 is 0. The van der Waals surface area contributed by atoms with Crippen molar-refractivity contribution >= 4 is 17.7 Å². The SMILES string of the molecule is CC(C)(C)NC(=O)C1Cc2ccccc2CN1CC(O)CN1C(=O)c2ccccc2C1=O. The Kier molecular flexibility index (Phi) is 5.88. The maximum Gasteiger partial charge on any atom is 0.261 e. The normalized spacial score (nSPS) is 19.5. The predicted molar refractivity (Wildman–Crippen MR) is 120 cm³/mol. The molecule has 2 N–H and O–H groups in total. The molecule has 32 heavy (non-hydrogen) atoms. The van der Waals surface area contributed by atoms with Crippen molar-refractivity contribution < 1.29 is 19.5 Å². The molecule has 7 nitrogen and oxygen atoms in total. The minimum Gasteiger partial charge on any atom is -0.390 e. The maximum atomic E-state index is 13.1. The van der Waals surface area contributed by atoms with Crippen LogP contribution in [-0.2, 0) is 17.8 Å². The molecule has 2 unspecified atom stereocenters. The van der Waals surface area contributed by atoms with E-state index in [1.54, 1.807) is 24.3 Å². The van der Waals surface area contributed by atoms with Crippen LogP contribution in [0.4, 0.5) is 0 Å². The van der Waals surface area contributed by atoms with Crippen molar-refractivity contribution in [1.29, 1.82) is 0 Å². The summed E-state index contributed by atoms with van der Waals surface area (Å²) >= 11 is 0. The Morgan fingerprint density at radius 2 is 1.56 bits per heavy atom. The number of aliphatic hydroxyl groups excluding tert-OH is 1. The van der Waals surface area contributed by atoms with Crippen molar-refractivity contribution in [3.05, 3.63) is 70.8 Å². The number of hydrogen-bond donors (Lipinski definition) is 2. The molecule has 0 radical (unpaired) electrons. The maximum absolute atomic E-state index is 13.1. The highest BCUT2D eigenvalue weighted by Gasteiger charge is 2.38. The number of nitrogens with zero attached hydrogens (tertiary/aromatic N) is 2. The fraction of sp³-hybridized carbons (Fsp3) is 0.400. The largest absolute Gasteiger partial charge is 0.390 e. The van der Waals surface area contributed by atoms with E-state index in [0.29, 0.717) is 24.1 Å². The quantitative estimate of drug-likeness (QED) is 0.701. The summed E-state index contributed by atoms with van der Waals surface area (Å²) in [6.45, 7) is 6.37. The minimum absolute atomic E-state index is 0.0973. The van der Waals surface area contributed by atoms with Gasteiger partial charge in [-0.3, -0.25) is 24.2 Å². The molecule has 7 heteroatoms. The highest BCUT2D eigenvalue weighted by molar-refractivity contribution is 6.21. The van der Waals surface area contributed by atoms with Gasteiger partial charge in [0.2, 0.25) is 5.91 Å². The Balaban J connectivity index is 1.50. The smallest absolute Gasteiger partial charge is 0.261 e. The topological polar surface area (TPSA) is 90.0 Å². The van der Waals surface area contributed by atoms with E-state index in [2.05, 4.69) is 5.32 Å². The van der Waals surface area contributed by atoms with Gasteiger partial charge in [-0.15, -0.1) is 0 Å². The Labute approximate surface area is 188 Å². The summed E-state index contributed by atoms with van der Waals surface area (Å²) in [5.41, 5.74) is 2.57. The van der Waals surface area contributed by atoms with Crippen LogP contribution in [0.2, 0.25) is 0 Å². The highest BCUT2D eigenvalue weighted by atomic mass is 16.3. The third-order valence-electron chi connectivity index (χ3n) is 5.86. The number of benzene rings is 2. The first-order valence-corrected chi connectivity index (χ1v) is 10.9. The van der Waals surface area contributed by atoms with E-state index in [1.807, 2.05) is 49.9 Å². The van der Waals surface area contributed by atoms with Gasteiger partial charge in [0.1, 0.15) is 0 Å². The third kappa shape index (κ3) is 4.45. The molecule has 2 aliphatic heterocycles. The zero-order valence-electron chi connectivity index (χ0n) is 18.7. The van der Waals surface area contributed by atoms with E-state index in [4.69, 9.17) is 0 Å². The van der Waals surface area contributed by atoms with Gasteiger partial charge in [-0.1, -0.05) is 36.4 Å². The monoisotopic (exact) mass is 435 g/mol. The summed E-state index contributed by atoms with van der Waals surface area (Å²) in [6.07, 6.45) is -0.440. The molecule has 0 bridgehead atoms. The first-order valence-electron chi connectivity index (χ1n) is 10.9. The molecule has 0 saturated heterocycles. The number of carbonyl (C=O) groups is 3. The van der Waals surface area contributed by atoms with E-state index in [9.17, 15) is 19.5 Å². The molecule has 0 spiro atoms. The van der Waals surface area contributed by atoms with Crippen molar-refractivity contribution in [1.82, 2.24) is 15.1 Å². The summed E-state index contributed by atoms with van der Waals surface area (Å²) in [5.74, 6) is -0.883. The Hall–Kier alpha value is -3.03. The number of carbonyl (C=O) groups excluding carboxylic acids is 3. The number of amides is 3. The second-order valence-electron chi connectivity index (χ2n) is 9.58. The molecule has 2 heterocycles. The van der Waals surface area contributed by atoms with Gasteiger partial charge in [-0.2, -0.15) is 0 Å². The van der Waals surface area contributed by atoms with Gasteiger partial charge in [-0.05, 0) is 50.5 Å². The zero-order valence-corrected chi connectivity index (χ0v) is 18.7. The van der Waals surface area contributed by atoms with Gasteiger partial charge in [0.25, 0.3) is 11.8 Å². The summed E-state index contributed by atoms with van der Waals surface area (Å²) in [6, 6.07) is 14.2. The number of nitrogens with one attached hydrogen (secondary N) is 1. The molecule has 2 atom stereocenters. The number of hydrogen-bond acceptors (Lipinski definition) is 5. The van der Waals surface area contributed by atoms with E-state index < -0.39 is 24.0 Å². The lowest BCUT2D eigenvalue weighted by Crippen LogP contribution is -2.56. The summed E-state index contributed by atoms with van der Waals surface area (Å²) in [4.78, 5) is 41.4. The summed E-state index contributed by atoms with van der Waals surface area (Å²) in [5, 5.41) is 13.9. The average molecular weight is 436 g/mol. The van der Waals surface area contributed by atoms with Crippen LogP contribution in [0.25, 0.3) is 0 Å². The van der Waals surface area contributed by atoms with Crippen LogP contribution >= 0.6 is 0 Å². The first-order chi connectivity index (χ1) is 15.1. The number of aliphatic hydroxyl groups is 1. The van der Waals surface area contributed by atoms with Gasteiger partial charge in [0.15, 0.2) is 0 Å². The van der Waals surface area contributed by atoms with Crippen molar-refractivity contribution in [2.75, 3.05) is 13.1 Å². The Bertz CT molecular complexity index is 1020. The molecule has 0 aliphatic carbocycles. The number of fused-ring (bicyclic) bond motifs is 2. The molecule has 168 valence electrons. The van der Waals surface area contributed by atoms with E-state index >= 15 is 0 Å². The van der Waals surface area contributed by atoms with Crippen molar-refractivity contribution in [2.45, 2.75) is 51.4 Å². The van der Waals surface area contributed by atoms with Crippen molar-refractivity contribution in [3.63, 3.8) is 0 Å². The molecule has 2 aromatic rings. The molecule has 0 saturated carbocycles. The molecule has 0 fully saturated rings. The van der Waals surface area contributed by atoms with Crippen LogP contribution in [0.3, 0.4) is 0 Å². The number of rotatable bonds is 5. The van der Waals surface area contributed by atoms with Gasteiger partial charge in [0, 0.05) is 18.6 Å². The lowest BCUT2D eigenvalue weighted by atomic mass is 9.92. The van der Waals surface area contributed by atoms with Crippen LogP contribution in [0.5, 0.6) is 0 Å². The lowest BCUT2D eigenvalue weighted by molar-refractivity contribution is -0.129. The molecule has 2 aromatic carbocycles. The minimum atomic E-state index is -0.979. The average Bonchev–Trinajstić information content (AvgIpc) is 2.97. The standard InChI is InChI=1S/C25H29N3O4/c1-25(2,3)26-22(30)21-12-16-8-4-5-9-17(16)13-27(21)14-18(29)15-28-23(31)19-10-6-7-11-20(19)24(28)32/h4-11,18,21,29H,12-15H2,1-3H3,(H,26,30). The van der Waals surface area contributed by atoms with Crippen molar-refractivity contribution in [3.8, 4) is 0 Å². The first kappa shape index (κ1) is 22.2. The Morgan fingerprint density at radius 3 is 2.16 bits per heavy atom. The third-order valence-corrected chi connectivity index (χ3v) is 5.86. The second-order valence-corrected chi connectivity index (χ2v) is 9.58. The van der Waals surface area contributed by atoms with E-state index in [1.165, 1.54) is 0 Å². The number of imide groups is 1. The van der Waals surface area contributed by atoms with Crippen LogP contribution in [0.1, 0.15) is 52.6 Å². The highest BCUT2D eigenvalue weighted by Crippen LogP contribution is 2.26. The molecular weight excluding hydrogens is 406 g/mol. The van der Waals surface area contributed by atoms with Crippen LogP contribution in [-0.4, -0.2) is 63.4 Å². The predicted octanol–water partition coefficient (Wildman–Crippen LogP) is 1.99. The van der Waals surface area contributed by atoms with E-state index in [-0.39, 0.29) is 24.5 Å². The second kappa shape index (κ2) is 8.48. The van der Waals surface area contributed by atoms with Crippen LogP contribution in [0, 0.1) is 0 Å². The van der Waals surface area contributed by atoms with E-state index in [0.717, 1.165) is 16.0 Å². The van der Waals surface area contributed by atoms with Gasteiger partial charge >= 0.3 is 0 Å². The molecular formula is C25H29N3O4. The summed E-state index contributed by atoms with van der Waals surface area (Å²) in [7, 11) is 0. The van der Waals surface area contributed by atoms with Crippen LogP contribution < -0.4 is 5.32 Å². The fourth-order valence-corrected chi connectivity index (χ4v) is 4.42. The number of β-amino-alcohol motifs (C(OH)–C–C–N with tert-alkyl or cyclic N) is 1. The lowest BCUT2D eigenvalue weighted by Gasteiger charge is -2.38. The van der Waals surface area contributed by atoms with Gasteiger partial charge in [0.05, 0.1) is 29.8 Å². The molecule has 4 rings (SSSR count). The fourth-order valence-electron chi connectivity index (χ4n) is 4.42. The molecule has 0 aromatic heterocycles. The molecule has 2 aliphatic rings. The Morgan fingerprint density at radius 1 is 1.00 bits per heavy atom. The zero-order chi connectivity index (χ0) is 23.0. The van der Waals surface area contributed by atoms with Crippen LogP contribution in [0.15, 0.2) is 48.5 Å². The van der Waals surface area contributed by atoms with Crippen molar-refractivity contribution in [2.24, 2.45) is 0 Å². The van der Waals surface area contributed by atoms with Gasteiger partial charge < -0.3 is 10.4 Å². The molecule has 3 amide bonds.